The summed E-state index contributed by atoms with van der Waals surface area (Å²) in [6.45, 7) is 0. The average Bonchev–Trinajstić information content (AvgIpc) is 3.17. The molecule has 1 aliphatic rings. The Morgan fingerprint density at radius 3 is 2.88 bits per heavy atom. The van der Waals surface area contributed by atoms with Gasteiger partial charge in [0.25, 0.3) is 5.91 Å². The van der Waals surface area contributed by atoms with Gasteiger partial charge < -0.3 is 9.73 Å². The van der Waals surface area contributed by atoms with Crippen LogP contribution in [0, 0.1) is 11.3 Å². The number of furan rings is 1. The molecule has 1 saturated heterocycles. The lowest BCUT2D eigenvalue weighted by Gasteiger charge is -2.01. The van der Waals surface area contributed by atoms with Gasteiger partial charge in [0.15, 0.2) is 0 Å². The van der Waals surface area contributed by atoms with Gasteiger partial charge >= 0.3 is 0 Å². The highest BCUT2D eigenvalue weighted by atomic mass is 32.2. The Morgan fingerprint density at radius 1 is 1.32 bits per heavy atom. The van der Waals surface area contributed by atoms with Crippen molar-refractivity contribution in [3.63, 3.8) is 0 Å². The van der Waals surface area contributed by atoms with Crippen LogP contribution >= 0.6 is 24.0 Å². The summed E-state index contributed by atoms with van der Waals surface area (Å²) in [5, 5.41) is 12.2. The Kier molecular flexibility index (Phi) is 3.80. The second kappa shape index (κ2) is 6.12. The Hall–Kier alpha value is -3.02. The number of carbonyl (C=O) groups is 1. The molecule has 6 nitrogen and oxygen atoms in total. The maximum atomic E-state index is 11.8. The first-order chi connectivity index (χ1) is 12.1. The molecule has 3 aromatic heterocycles. The van der Waals surface area contributed by atoms with E-state index >= 15 is 0 Å². The van der Waals surface area contributed by atoms with E-state index in [2.05, 4.69) is 15.3 Å². The van der Waals surface area contributed by atoms with Crippen LogP contribution in [0.4, 0.5) is 0 Å². The van der Waals surface area contributed by atoms with Crippen molar-refractivity contribution in [1.82, 2.24) is 15.3 Å². The second-order valence-corrected chi connectivity index (χ2v) is 6.87. The van der Waals surface area contributed by atoms with Gasteiger partial charge in [-0.05, 0) is 18.2 Å². The molecule has 0 aromatic carbocycles. The molecule has 1 amide bonds. The standard InChI is InChI=1S/C17H8N4O2S2/c18-5-11-2-1-9(7-20-11)13-8-19-6-10-3-12(23-15(10)13)4-14-16(22)21-17(24)25-14/h1-4,6-8H,(H,21,22,24). The fourth-order valence-electron chi connectivity index (χ4n) is 2.43. The molecule has 8 heteroatoms. The summed E-state index contributed by atoms with van der Waals surface area (Å²) < 4.78 is 6.34. The number of fused-ring (bicyclic) bond motifs is 1. The molecule has 120 valence electrons. The summed E-state index contributed by atoms with van der Waals surface area (Å²) in [5.74, 6) is 0.304. The summed E-state index contributed by atoms with van der Waals surface area (Å²) >= 11 is 6.18. The van der Waals surface area contributed by atoms with Gasteiger partial charge in [0.2, 0.25) is 0 Å². The third-order valence-electron chi connectivity index (χ3n) is 3.55. The van der Waals surface area contributed by atoms with E-state index < -0.39 is 0 Å². The van der Waals surface area contributed by atoms with Crippen molar-refractivity contribution >= 4 is 51.3 Å². The van der Waals surface area contributed by atoms with Crippen LogP contribution in [0.1, 0.15) is 11.5 Å². The number of thiocarbonyl (C=S) groups is 1. The highest BCUT2D eigenvalue weighted by molar-refractivity contribution is 8.26. The maximum Gasteiger partial charge on any atom is 0.263 e. The lowest BCUT2D eigenvalue weighted by Crippen LogP contribution is -2.17. The number of rotatable bonds is 2. The average molecular weight is 364 g/mol. The fourth-order valence-corrected chi connectivity index (χ4v) is 3.45. The molecule has 0 spiro atoms. The third kappa shape index (κ3) is 2.91. The Bertz CT molecular complexity index is 1090. The van der Waals surface area contributed by atoms with Gasteiger partial charge in [-0.3, -0.25) is 9.78 Å². The molecule has 1 aliphatic heterocycles. The molecule has 4 rings (SSSR count). The molecule has 0 unspecified atom stereocenters. The molecule has 0 saturated carbocycles. The topological polar surface area (TPSA) is 91.8 Å². The molecule has 1 N–H and O–H groups in total. The fraction of sp³-hybridized carbons (Fsp3) is 0. The predicted molar refractivity (Wildman–Crippen MR) is 98.3 cm³/mol. The SMILES string of the molecule is N#Cc1ccc(-c2cncc3cc(C=C4SC(=S)NC4=O)oc23)cn1. The van der Waals surface area contributed by atoms with Crippen molar-refractivity contribution in [2.45, 2.75) is 0 Å². The number of nitrogens with one attached hydrogen (secondary N) is 1. The number of thioether (sulfide) groups is 1. The van der Waals surface area contributed by atoms with Crippen LogP contribution < -0.4 is 5.32 Å². The molecular weight excluding hydrogens is 356 g/mol. The number of aromatic nitrogens is 2. The molecule has 1 fully saturated rings. The van der Waals surface area contributed by atoms with E-state index in [1.807, 2.05) is 12.1 Å². The van der Waals surface area contributed by atoms with Crippen molar-refractivity contribution in [1.29, 1.82) is 5.26 Å². The van der Waals surface area contributed by atoms with Crippen LogP contribution in [0.15, 0.2) is 46.1 Å². The quantitative estimate of drug-likeness (QED) is 0.551. The highest BCUT2D eigenvalue weighted by Gasteiger charge is 2.22. The lowest BCUT2D eigenvalue weighted by atomic mass is 10.1. The van der Waals surface area contributed by atoms with Gasteiger partial charge in [-0.2, -0.15) is 5.26 Å². The van der Waals surface area contributed by atoms with Gasteiger partial charge in [0.05, 0.1) is 4.91 Å². The van der Waals surface area contributed by atoms with Gasteiger partial charge in [0, 0.05) is 41.2 Å². The minimum atomic E-state index is -0.231. The number of hydrogen-bond acceptors (Lipinski definition) is 7. The molecule has 0 aliphatic carbocycles. The first-order valence-corrected chi connectivity index (χ1v) is 8.35. The van der Waals surface area contributed by atoms with E-state index in [4.69, 9.17) is 21.9 Å². The van der Waals surface area contributed by atoms with Crippen LogP contribution in [0.25, 0.3) is 28.2 Å². The van der Waals surface area contributed by atoms with Crippen LogP contribution in [-0.2, 0) is 4.79 Å². The van der Waals surface area contributed by atoms with Crippen LogP contribution in [-0.4, -0.2) is 20.2 Å². The normalized spacial score (nSPS) is 15.6. The first kappa shape index (κ1) is 15.5. The molecule has 4 heterocycles. The lowest BCUT2D eigenvalue weighted by molar-refractivity contribution is -0.115. The smallest absolute Gasteiger partial charge is 0.263 e. The van der Waals surface area contributed by atoms with Crippen molar-refractivity contribution in [2.24, 2.45) is 0 Å². The van der Waals surface area contributed by atoms with E-state index in [0.29, 0.717) is 26.3 Å². The summed E-state index contributed by atoms with van der Waals surface area (Å²) in [6, 6.07) is 7.23. The number of nitriles is 1. The minimum Gasteiger partial charge on any atom is -0.456 e. The molecule has 0 radical (unpaired) electrons. The number of hydrogen-bond donors (Lipinski definition) is 1. The van der Waals surface area contributed by atoms with E-state index in [9.17, 15) is 4.79 Å². The van der Waals surface area contributed by atoms with Crippen molar-refractivity contribution in [3.8, 4) is 17.2 Å². The zero-order valence-electron chi connectivity index (χ0n) is 12.5. The number of pyridine rings is 2. The zero-order chi connectivity index (χ0) is 17.4. The van der Waals surface area contributed by atoms with Gasteiger partial charge in [-0.1, -0.05) is 24.0 Å². The summed E-state index contributed by atoms with van der Waals surface area (Å²) in [7, 11) is 0. The molecular formula is C17H8N4O2S2. The van der Waals surface area contributed by atoms with Crippen LogP contribution in [0.2, 0.25) is 0 Å². The van der Waals surface area contributed by atoms with Crippen LogP contribution in [0.3, 0.4) is 0 Å². The number of nitrogens with zero attached hydrogens (tertiary/aromatic N) is 3. The molecule has 0 atom stereocenters. The Balaban J connectivity index is 1.79. The highest BCUT2D eigenvalue weighted by Crippen LogP contribution is 2.32. The van der Waals surface area contributed by atoms with E-state index in [1.165, 1.54) is 11.8 Å². The number of carbonyl (C=O) groups excluding carboxylic acids is 1. The molecule has 3 aromatic rings. The number of amides is 1. The summed E-state index contributed by atoms with van der Waals surface area (Å²) in [6.07, 6.45) is 6.63. The van der Waals surface area contributed by atoms with E-state index in [1.54, 1.807) is 36.8 Å². The summed E-state index contributed by atoms with van der Waals surface area (Å²) in [5.41, 5.74) is 2.53. The summed E-state index contributed by atoms with van der Waals surface area (Å²) in [4.78, 5) is 20.6. The Morgan fingerprint density at radius 2 is 2.20 bits per heavy atom. The van der Waals surface area contributed by atoms with Crippen LogP contribution in [0.5, 0.6) is 0 Å². The zero-order valence-corrected chi connectivity index (χ0v) is 14.1. The maximum absolute atomic E-state index is 11.8. The Labute approximate surface area is 151 Å². The molecule has 25 heavy (non-hydrogen) atoms. The minimum absolute atomic E-state index is 0.231. The van der Waals surface area contributed by atoms with Crippen molar-refractivity contribution < 1.29 is 9.21 Å². The predicted octanol–water partition coefficient (Wildman–Crippen LogP) is 3.25. The van der Waals surface area contributed by atoms with Gasteiger partial charge in [-0.25, -0.2) is 4.98 Å². The molecule has 0 bridgehead atoms. The van der Waals surface area contributed by atoms with Crippen molar-refractivity contribution in [2.75, 3.05) is 0 Å². The first-order valence-electron chi connectivity index (χ1n) is 7.13. The monoisotopic (exact) mass is 364 g/mol. The van der Waals surface area contributed by atoms with E-state index in [0.717, 1.165) is 16.5 Å². The van der Waals surface area contributed by atoms with Crippen molar-refractivity contribution in [3.05, 3.63) is 53.1 Å². The van der Waals surface area contributed by atoms with Gasteiger partial charge in [-0.15, -0.1) is 0 Å². The second-order valence-electron chi connectivity index (χ2n) is 5.15. The van der Waals surface area contributed by atoms with Gasteiger partial charge in [0.1, 0.15) is 27.4 Å². The third-order valence-corrected chi connectivity index (χ3v) is 4.71. The largest absolute Gasteiger partial charge is 0.456 e. The van der Waals surface area contributed by atoms with E-state index in [-0.39, 0.29) is 5.91 Å².